The van der Waals surface area contributed by atoms with E-state index in [2.05, 4.69) is 6.92 Å². The van der Waals surface area contributed by atoms with Crippen LogP contribution in [0, 0.1) is 23.4 Å². The standard InChI is InChI=1S/C34H37F3O2/c1-2-3-4-5-6-7-23-8-16-28(38-21-23)17-15-26-13-14-27(20-31(26)35)24-9-11-25(12-10-24)29-18-19-30(32-22-39-32)34(37)33(29)36/h9-15,17-20,23,28,32H,2-8,16,21-22H2,1H3/b17-15+. The highest BCUT2D eigenvalue weighted by Gasteiger charge is 2.30. The maximum atomic E-state index is 14.9. The topological polar surface area (TPSA) is 21.8 Å². The Morgan fingerprint density at radius 2 is 1.51 bits per heavy atom. The predicted octanol–water partition coefficient (Wildman–Crippen LogP) is 9.68. The summed E-state index contributed by atoms with van der Waals surface area (Å²) in [5.41, 5.74) is 3.05. The molecule has 3 unspecified atom stereocenters. The number of hydrogen-bond donors (Lipinski definition) is 0. The number of epoxide rings is 1. The van der Waals surface area contributed by atoms with Gasteiger partial charge in [-0.2, -0.15) is 0 Å². The van der Waals surface area contributed by atoms with Crippen LogP contribution < -0.4 is 0 Å². The second-order valence-corrected chi connectivity index (χ2v) is 10.8. The van der Waals surface area contributed by atoms with Crippen LogP contribution >= 0.6 is 0 Å². The molecule has 0 spiro atoms. The number of benzene rings is 3. The quantitative estimate of drug-likeness (QED) is 0.180. The van der Waals surface area contributed by atoms with E-state index in [9.17, 15) is 13.2 Å². The van der Waals surface area contributed by atoms with E-state index >= 15 is 0 Å². The molecule has 3 aromatic rings. The number of unbranched alkanes of at least 4 members (excludes halogenated alkanes) is 4. The van der Waals surface area contributed by atoms with Crippen molar-refractivity contribution in [2.45, 2.75) is 70.5 Å². The van der Waals surface area contributed by atoms with Crippen molar-refractivity contribution in [2.75, 3.05) is 13.2 Å². The van der Waals surface area contributed by atoms with Crippen molar-refractivity contribution in [3.63, 3.8) is 0 Å². The van der Waals surface area contributed by atoms with Crippen molar-refractivity contribution >= 4 is 6.08 Å². The Hall–Kier alpha value is -2.89. The summed E-state index contributed by atoms with van der Waals surface area (Å²) in [5.74, 6) is -1.40. The molecular formula is C34H37F3O2. The van der Waals surface area contributed by atoms with Crippen LogP contribution in [0.4, 0.5) is 13.2 Å². The molecule has 2 nitrogen and oxygen atoms in total. The number of halogens is 3. The molecule has 2 heterocycles. The summed E-state index contributed by atoms with van der Waals surface area (Å²) in [7, 11) is 0. The Labute approximate surface area is 229 Å². The highest BCUT2D eigenvalue weighted by Crippen LogP contribution is 2.36. The molecular weight excluding hydrogens is 497 g/mol. The Morgan fingerprint density at radius 3 is 2.21 bits per heavy atom. The van der Waals surface area contributed by atoms with Crippen LogP contribution in [0.5, 0.6) is 0 Å². The van der Waals surface area contributed by atoms with Gasteiger partial charge in [0, 0.05) is 16.7 Å². The van der Waals surface area contributed by atoms with Crippen LogP contribution in [0.3, 0.4) is 0 Å². The molecule has 5 rings (SSSR count). The summed E-state index contributed by atoms with van der Waals surface area (Å²) >= 11 is 0. The smallest absolute Gasteiger partial charge is 0.167 e. The van der Waals surface area contributed by atoms with Crippen molar-refractivity contribution in [3.8, 4) is 22.3 Å². The zero-order chi connectivity index (χ0) is 27.2. The highest BCUT2D eigenvalue weighted by atomic mass is 19.2. The van der Waals surface area contributed by atoms with E-state index in [1.165, 1.54) is 44.6 Å². The first-order valence-corrected chi connectivity index (χ1v) is 14.3. The SMILES string of the molecule is CCCCCCCC1CCC(/C=C/c2ccc(-c3ccc(-c4ccc(C5CO5)c(F)c4F)cc3)cc2F)OC1. The van der Waals surface area contributed by atoms with Gasteiger partial charge in [0.1, 0.15) is 11.9 Å². The fraction of sp³-hybridized carbons (Fsp3) is 0.412. The summed E-state index contributed by atoms with van der Waals surface area (Å²) in [4.78, 5) is 0. The third-order valence-electron chi connectivity index (χ3n) is 7.93. The van der Waals surface area contributed by atoms with Gasteiger partial charge in [0.2, 0.25) is 0 Å². The van der Waals surface area contributed by atoms with Crippen LogP contribution in [-0.4, -0.2) is 19.3 Å². The first kappa shape index (κ1) is 27.7. The van der Waals surface area contributed by atoms with Gasteiger partial charge in [-0.3, -0.25) is 0 Å². The maximum Gasteiger partial charge on any atom is 0.167 e. The van der Waals surface area contributed by atoms with E-state index in [0.29, 0.717) is 23.7 Å². The van der Waals surface area contributed by atoms with Crippen LogP contribution in [0.2, 0.25) is 0 Å². The van der Waals surface area contributed by atoms with Gasteiger partial charge in [0.25, 0.3) is 0 Å². The van der Waals surface area contributed by atoms with E-state index in [0.717, 1.165) is 30.6 Å². The molecule has 0 amide bonds. The lowest BCUT2D eigenvalue weighted by Crippen LogP contribution is -2.24. The van der Waals surface area contributed by atoms with E-state index < -0.39 is 11.6 Å². The fourth-order valence-electron chi connectivity index (χ4n) is 5.40. The molecule has 2 saturated heterocycles. The molecule has 0 aromatic heterocycles. The zero-order valence-corrected chi connectivity index (χ0v) is 22.6. The van der Waals surface area contributed by atoms with Crippen molar-refractivity contribution in [3.05, 3.63) is 89.3 Å². The molecule has 3 atom stereocenters. The third kappa shape index (κ3) is 7.01. The monoisotopic (exact) mass is 534 g/mol. The molecule has 2 fully saturated rings. The summed E-state index contributed by atoms with van der Waals surface area (Å²) < 4.78 is 55.2. The van der Waals surface area contributed by atoms with Gasteiger partial charge in [-0.15, -0.1) is 0 Å². The molecule has 5 heteroatoms. The van der Waals surface area contributed by atoms with Gasteiger partial charge in [-0.05, 0) is 47.9 Å². The van der Waals surface area contributed by atoms with Gasteiger partial charge in [-0.1, -0.05) is 99.7 Å². The first-order valence-electron chi connectivity index (χ1n) is 14.3. The number of ether oxygens (including phenoxy) is 2. The molecule has 3 aromatic carbocycles. The second kappa shape index (κ2) is 13.0. The fourth-order valence-corrected chi connectivity index (χ4v) is 5.40. The van der Waals surface area contributed by atoms with Crippen LogP contribution in [0.15, 0.2) is 60.7 Å². The van der Waals surface area contributed by atoms with Gasteiger partial charge >= 0.3 is 0 Å². The molecule has 0 saturated carbocycles. The molecule has 0 aliphatic carbocycles. The average Bonchev–Trinajstić information content (AvgIpc) is 3.80. The van der Waals surface area contributed by atoms with Crippen molar-refractivity contribution in [1.29, 1.82) is 0 Å². The van der Waals surface area contributed by atoms with Crippen molar-refractivity contribution < 1.29 is 22.6 Å². The molecule has 39 heavy (non-hydrogen) atoms. The van der Waals surface area contributed by atoms with Crippen LogP contribution in [-0.2, 0) is 9.47 Å². The Kier molecular flexibility index (Phi) is 9.21. The minimum Gasteiger partial charge on any atom is -0.374 e. The van der Waals surface area contributed by atoms with Crippen molar-refractivity contribution in [1.82, 2.24) is 0 Å². The summed E-state index contributed by atoms with van der Waals surface area (Å²) in [5, 5.41) is 0. The lowest BCUT2D eigenvalue weighted by molar-refractivity contribution is 0.00824. The Balaban J connectivity index is 1.17. The Morgan fingerprint density at radius 1 is 0.769 bits per heavy atom. The van der Waals surface area contributed by atoms with E-state index in [1.54, 1.807) is 42.5 Å². The lowest BCUT2D eigenvalue weighted by Gasteiger charge is -2.27. The minimum absolute atomic E-state index is 0.0315. The van der Waals surface area contributed by atoms with Crippen molar-refractivity contribution in [2.24, 2.45) is 5.92 Å². The van der Waals surface area contributed by atoms with E-state index in [4.69, 9.17) is 9.47 Å². The largest absolute Gasteiger partial charge is 0.374 e. The molecule has 206 valence electrons. The van der Waals surface area contributed by atoms with Gasteiger partial charge in [0.05, 0.1) is 19.3 Å². The summed E-state index contributed by atoms with van der Waals surface area (Å²) in [6.45, 7) is 3.45. The molecule has 0 N–H and O–H groups in total. The third-order valence-corrected chi connectivity index (χ3v) is 7.93. The lowest BCUT2D eigenvalue weighted by atomic mass is 9.92. The zero-order valence-electron chi connectivity index (χ0n) is 22.6. The average molecular weight is 535 g/mol. The predicted molar refractivity (Wildman–Crippen MR) is 151 cm³/mol. The van der Waals surface area contributed by atoms with Crippen LogP contribution in [0.1, 0.15) is 75.5 Å². The highest BCUT2D eigenvalue weighted by molar-refractivity contribution is 5.72. The normalized spacial score (nSPS) is 21.0. The van der Waals surface area contributed by atoms with Gasteiger partial charge in [0.15, 0.2) is 11.6 Å². The first-order chi connectivity index (χ1) is 19.0. The number of hydrogen-bond acceptors (Lipinski definition) is 2. The minimum atomic E-state index is -0.877. The maximum absolute atomic E-state index is 14.9. The van der Waals surface area contributed by atoms with E-state index in [1.807, 2.05) is 18.2 Å². The summed E-state index contributed by atoms with van der Waals surface area (Å²) in [6, 6.07) is 15.4. The van der Waals surface area contributed by atoms with Gasteiger partial charge in [-0.25, -0.2) is 13.2 Å². The summed E-state index contributed by atoms with van der Waals surface area (Å²) in [6.07, 6.45) is 13.4. The number of rotatable bonds is 11. The van der Waals surface area contributed by atoms with E-state index in [-0.39, 0.29) is 29.2 Å². The van der Waals surface area contributed by atoms with Gasteiger partial charge < -0.3 is 9.47 Å². The molecule has 2 aliphatic heterocycles. The molecule has 0 radical (unpaired) electrons. The molecule has 2 aliphatic rings. The second-order valence-electron chi connectivity index (χ2n) is 10.8. The molecule has 0 bridgehead atoms. The van der Waals surface area contributed by atoms with Crippen LogP contribution in [0.25, 0.3) is 28.3 Å². The Bertz CT molecular complexity index is 1270.